The molecule has 3 heterocycles. The molecule has 1 aliphatic rings. The molecule has 1 amide bonds. The summed E-state index contributed by atoms with van der Waals surface area (Å²) in [5, 5.41) is 10.4. The van der Waals surface area contributed by atoms with Crippen LogP contribution in [-0.2, 0) is 16.1 Å². The predicted molar refractivity (Wildman–Crippen MR) is 85.3 cm³/mol. The van der Waals surface area contributed by atoms with Gasteiger partial charge in [0.05, 0.1) is 12.3 Å². The second-order valence-corrected chi connectivity index (χ2v) is 5.64. The highest BCUT2D eigenvalue weighted by molar-refractivity contribution is 5.81. The van der Waals surface area contributed by atoms with E-state index in [1.54, 1.807) is 10.9 Å². The van der Waals surface area contributed by atoms with E-state index in [4.69, 9.17) is 4.74 Å². The number of aromatic nitrogens is 3. The van der Waals surface area contributed by atoms with Crippen LogP contribution >= 0.6 is 0 Å². The van der Waals surface area contributed by atoms with E-state index in [2.05, 4.69) is 20.7 Å². The lowest BCUT2D eigenvalue weighted by Crippen LogP contribution is -2.47. The average Bonchev–Trinajstić information content (AvgIpc) is 2.92. The zero-order valence-corrected chi connectivity index (χ0v) is 13.4. The molecule has 2 aromatic rings. The average molecular weight is 315 g/mol. The Kier molecular flexibility index (Phi) is 4.68. The van der Waals surface area contributed by atoms with Gasteiger partial charge < -0.3 is 15.4 Å². The Bertz CT molecular complexity index is 674. The van der Waals surface area contributed by atoms with Crippen molar-refractivity contribution in [1.29, 1.82) is 0 Å². The lowest BCUT2D eigenvalue weighted by molar-refractivity contribution is -0.134. The molecule has 7 nitrogen and oxygen atoms in total. The third-order valence-electron chi connectivity index (χ3n) is 3.72. The van der Waals surface area contributed by atoms with Gasteiger partial charge in [-0.15, -0.1) is 0 Å². The van der Waals surface area contributed by atoms with Crippen LogP contribution in [0.2, 0.25) is 0 Å². The minimum absolute atomic E-state index is 0.0974. The molecule has 7 heteroatoms. The molecule has 1 atom stereocenters. The molecule has 23 heavy (non-hydrogen) atoms. The molecule has 1 fully saturated rings. The van der Waals surface area contributed by atoms with Crippen LogP contribution in [0.5, 0.6) is 0 Å². The number of carbonyl (C=O) groups is 1. The number of hydrogen-bond acceptors (Lipinski definition) is 5. The summed E-state index contributed by atoms with van der Waals surface area (Å²) in [5.74, 6) is 0.672. The maximum absolute atomic E-state index is 12.0. The Hall–Kier alpha value is -2.25. The molecule has 1 aliphatic heterocycles. The lowest BCUT2D eigenvalue weighted by atomic mass is 10.2. The van der Waals surface area contributed by atoms with Crippen molar-refractivity contribution in [2.24, 2.45) is 0 Å². The van der Waals surface area contributed by atoms with Gasteiger partial charge in [0.1, 0.15) is 6.10 Å². The van der Waals surface area contributed by atoms with Crippen molar-refractivity contribution < 1.29 is 9.53 Å². The zero-order valence-electron chi connectivity index (χ0n) is 13.4. The van der Waals surface area contributed by atoms with Crippen LogP contribution in [-0.4, -0.2) is 46.5 Å². The second-order valence-electron chi connectivity index (χ2n) is 5.64. The molecule has 0 radical (unpaired) electrons. The number of rotatable bonds is 4. The number of morpholine rings is 1. The maximum atomic E-state index is 12.0. The van der Waals surface area contributed by atoms with E-state index in [0.29, 0.717) is 19.7 Å². The summed E-state index contributed by atoms with van der Waals surface area (Å²) in [4.78, 5) is 16.4. The first kappa shape index (κ1) is 15.6. The van der Waals surface area contributed by atoms with E-state index in [0.717, 1.165) is 29.3 Å². The van der Waals surface area contributed by atoms with Gasteiger partial charge in [0.15, 0.2) is 5.82 Å². The van der Waals surface area contributed by atoms with Gasteiger partial charge in [-0.05, 0) is 31.5 Å². The molecule has 0 aliphatic carbocycles. The summed E-state index contributed by atoms with van der Waals surface area (Å²) in [6.07, 6.45) is 1.34. The van der Waals surface area contributed by atoms with Crippen molar-refractivity contribution in [2.45, 2.75) is 26.5 Å². The molecule has 1 unspecified atom stereocenters. The highest BCUT2D eigenvalue weighted by Crippen LogP contribution is 2.10. The van der Waals surface area contributed by atoms with Crippen molar-refractivity contribution in [1.82, 2.24) is 25.4 Å². The smallest absolute Gasteiger partial charge is 0.250 e. The minimum Gasteiger partial charge on any atom is -0.366 e. The summed E-state index contributed by atoms with van der Waals surface area (Å²) >= 11 is 0. The second kappa shape index (κ2) is 6.89. The van der Waals surface area contributed by atoms with Gasteiger partial charge in [-0.1, -0.05) is 6.07 Å². The largest absolute Gasteiger partial charge is 0.366 e. The van der Waals surface area contributed by atoms with Crippen LogP contribution < -0.4 is 10.6 Å². The first-order chi connectivity index (χ1) is 11.1. The van der Waals surface area contributed by atoms with Crippen LogP contribution in [0.25, 0.3) is 5.82 Å². The number of nitrogens with one attached hydrogen (secondary N) is 2. The fraction of sp³-hybridized carbons (Fsp3) is 0.438. The normalized spacial score (nSPS) is 17.9. The predicted octanol–water partition coefficient (Wildman–Crippen LogP) is 0.489. The van der Waals surface area contributed by atoms with Crippen molar-refractivity contribution >= 4 is 5.91 Å². The molecule has 3 rings (SSSR count). The number of hydrogen-bond donors (Lipinski definition) is 2. The van der Waals surface area contributed by atoms with Gasteiger partial charge in [0.25, 0.3) is 5.91 Å². The summed E-state index contributed by atoms with van der Waals surface area (Å²) in [6.45, 7) is 6.30. The Morgan fingerprint density at radius 3 is 2.96 bits per heavy atom. The van der Waals surface area contributed by atoms with Gasteiger partial charge in [-0.3, -0.25) is 4.79 Å². The molecule has 0 saturated carbocycles. The first-order valence-corrected chi connectivity index (χ1v) is 7.72. The number of amides is 1. The van der Waals surface area contributed by atoms with Crippen molar-refractivity contribution in [2.75, 3.05) is 19.7 Å². The lowest BCUT2D eigenvalue weighted by Gasteiger charge is -2.22. The van der Waals surface area contributed by atoms with Crippen LogP contribution in [0.15, 0.2) is 24.4 Å². The first-order valence-electron chi connectivity index (χ1n) is 7.72. The van der Waals surface area contributed by atoms with Crippen LogP contribution in [0.1, 0.15) is 17.0 Å². The van der Waals surface area contributed by atoms with Crippen molar-refractivity contribution in [3.8, 4) is 5.82 Å². The molecule has 2 aromatic heterocycles. The van der Waals surface area contributed by atoms with E-state index in [9.17, 15) is 4.79 Å². The molecule has 1 saturated heterocycles. The molecular weight excluding hydrogens is 294 g/mol. The Labute approximate surface area is 135 Å². The maximum Gasteiger partial charge on any atom is 0.250 e. The molecule has 0 spiro atoms. The summed E-state index contributed by atoms with van der Waals surface area (Å²) < 4.78 is 7.22. The quantitative estimate of drug-likeness (QED) is 0.858. The van der Waals surface area contributed by atoms with Crippen molar-refractivity contribution in [3.05, 3.63) is 41.3 Å². The number of nitrogens with zero attached hydrogens (tertiary/aromatic N) is 3. The highest BCUT2D eigenvalue weighted by atomic mass is 16.5. The molecular formula is C16H21N5O2. The molecule has 0 bridgehead atoms. The third-order valence-corrected chi connectivity index (χ3v) is 3.72. The minimum atomic E-state index is -0.411. The fourth-order valence-corrected chi connectivity index (χ4v) is 2.54. The zero-order chi connectivity index (χ0) is 16.2. The fourth-order valence-electron chi connectivity index (χ4n) is 2.54. The standard InChI is InChI=1S/C16H21N5O2/c1-11-7-12(2)21(20-11)15-4-3-13(8-18-15)9-19-16(22)14-10-17-5-6-23-14/h3-4,7-8,14,17H,5-6,9-10H2,1-2H3,(H,19,22). The molecule has 2 N–H and O–H groups in total. The van der Waals surface area contributed by atoms with Gasteiger partial charge in [-0.2, -0.15) is 5.10 Å². The highest BCUT2D eigenvalue weighted by Gasteiger charge is 2.21. The number of aryl methyl sites for hydroxylation is 2. The van der Waals surface area contributed by atoms with Crippen LogP contribution in [0, 0.1) is 13.8 Å². The van der Waals surface area contributed by atoms with Gasteiger partial charge in [0.2, 0.25) is 0 Å². The van der Waals surface area contributed by atoms with Crippen molar-refractivity contribution in [3.63, 3.8) is 0 Å². The topological polar surface area (TPSA) is 81.1 Å². The van der Waals surface area contributed by atoms with E-state index < -0.39 is 6.10 Å². The van der Waals surface area contributed by atoms with Crippen LogP contribution in [0.4, 0.5) is 0 Å². The number of carbonyl (C=O) groups excluding carboxylic acids is 1. The van der Waals surface area contributed by atoms with E-state index in [-0.39, 0.29) is 5.91 Å². The molecule has 0 aromatic carbocycles. The monoisotopic (exact) mass is 315 g/mol. The van der Waals surface area contributed by atoms with E-state index >= 15 is 0 Å². The summed E-state index contributed by atoms with van der Waals surface area (Å²) in [5.41, 5.74) is 2.94. The Morgan fingerprint density at radius 2 is 2.35 bits per heavy atom. The van der Waals surface area contributed by atoms with E-state index in [1.165, 1.54) is 0 Å². The van der Waals surface area contributed by atoms with Gasteiger partial charge in [-0.25, -0.2) is 9.67 Å². The Balaban J connectivity index is 1.59. The SMILES string of the molecule is Cc1cc(C)n(-c2ccc(CNC(=O)C3CNCCO3)cn2)n1. The third kappa shape index (κ3) is 3.75. The van der Waals surface area contributed by atoms with Gasteiger partial charge >= 0.3 is 0 Å². The van der Waals surface area contributed by atoms with Crippen LogP contribution in [0.3, 0.4) is 0 Å². The molecule has 122 valence electrons. The number of pyridine rings is 1. The summed E-state index contributed by atoms with van der Waals surface area (Å²) in [7, 11) is 0. The summed E-state index contributed by atoms with van der Waals surface area (Å²) in [6, 6.07) is 5.85. The number of ether oxygens (including phenoxy) is 1. The van der Waals surface area contributed by atoms with Gasteiger partial charge in [0, 0.05) is 31.5 Å². The van der Waals surface area contributed by atoms with E-state index in [1.807, 2.05) is 32.0 Å². The Morgan fingerprint density at radius 1 is 1.48 bits per heavy atom.